The Balaban J connectivity index is 1.96. The van der Waals surface area contributed by atoms with Crippen molar-refractivity contribution in [1.29, 1.82) is 5.26 Å². The van der Waals surface area contributed by atoms with Crippen molar-refractivity contribution in [1.82, 2.24) is 19.3 Å². The minimum absolute atomic E-state index is 0.525. The van der Waals surface area contributed by atoms with E-state index in [4.69, 9.17) is 5.26 Å². The second-order valence-corrected chi connectivity index (χ2v) is 5.55. The second kappa shape index (κ2) is 5.41. The molecule has 0 saturated carbocycles. The molecule has 5 heteroatoms. The highest BCUT2D eigenvalue weighted by Crippen LogP contribution is 2.20. The van der Waals surface area contributed by atoms with Crippen molar-refractivity contribution >= 4 is 10.9 Å². The predicted molar refractivity (Wildman–Crippen MR) is 80.6 cm³/mol. The summed E-state index contributed by atoms with van der Waals surface area (Å²) in [4.78, 5) is 4.36. The Bertz CT molecular complexity index is 804. The Morgan fingerprint density at radius 3 is 2.90 bits per heavy atom. The van der Waals surface area contributed by atoms with Crippen molar-refractivity contribution in [2.24, 2.45) is 5.92 Å². The predicted octanol–water partition coefficient (Wildman–Crippen LogP) is 2.81. The Hall–Kier alpha value is -2.61. The molecular weight excluding hydrogens is 262 g/mol. The van der Waals surface area contributed by atoms with Crippen LogP contribution >= 0.6 is 0 Å². The van der Waals surface area contributed by atoms with Gasteiger partial charge in [-0.1, -0.05) is 19.9 Å². The molecule has 0 aliphatic heterocycles. The summed E-state index contributed by atoms with van der Waals surface area (Å²) in [5.74, 6) is 1.46. The third-order valence-corrected chi connectivity index (χ3v) is 3.48. The standard InChI is InChI=1S/C16H17N5/c1-12(2)9-21-16(18-11-19-21)10-20-7-6-14-13(8-17)4-3-5-15(14)20/h3-7,11-12H,9-10H2,1-2H3. The van der Waals surface area contributed by atoms with Crippen LogP contribution in [0.4, 0.5) is 0 Å². The van der Waals surface area contributed by atoms with Crippen molar-refractivity contribution in [2.45, 2.75) is 26.9 Å². The van der Waals surface area contributed by atoms with Gasteiger partial charge in [-0.25, -0.2) is 9.67 Å². The van der Waals surface area contributed by atoms with E-state index in [2.05, 4.69) is 34.6 Å². The molecule has 1 aromatic carbocycles. The fourth-order valence-electron chi connectivity index (χ4n) is 2.52. The Labute approximate surface area is 123 Å². The van der Waals surface area contributed by atoms with Crippen LogP contribution in [0.15, 0.2) is 36.8 Å². The van der Waals surface area contributed by atoms with Gasteiger partial charge in [0, 0.05) is 23.6 Å². The maximum Gasteiger partial charge on any atom is 0.146 e. The first-order valence-corrected chi connectivity index (χ1v) is 7.03. The molecule has 0 atom stereocenters. The number of rotatable bonds is 4. The van der Waals surface area contributed by atoms with E-state index >= 15 is 0 Å². The van der Waals surface area contributed by atoms with E-state index in [1.54, 1.807) is 6.33 Å². The van der Waals surface area contributed by atoms with E-state index in [1.165, 1.54) is 0 Å². The number of nitriles is 1. The molecule has 0 fully saturated rings. The van der Waals surface area contributed by atoms with Gasteiger partial charge in [-0.05, 0) is 24.1 Å². The minimum atomic E-state index is 0.525. The topological polar surface area (TPSA) is 59.4 Å². The van der Waals surface area contributed by atoms with Crippen molar-refractivity contribution in [3.8, 4) is 6.07 Å². The zero-order chi connectivity index (χ0) is 14.8. The van der Waals surface area contributed by atoms with Crippen LogP contribution in [0.25, 0.3) is 10.9 Å². The van der Waals surface area contributed by atoms with E-state index in [1.807, 2.05) is 35.1 Å². The van der Waals surface area contributed by atoms with Crippen molar-refractivity contribution in [2.75, 3.05) is 0 Å². The highest BCUT2D eigenvalue weighted by molar-refractivity contribution is 5.86. The van der Waals surface area contributed by atoms with Gasteiger partial charge in [-0.15, -0.1) is 0 Å². The molecule has 2 heterocycles. The molecule has 106 valence electrons. The second-order valence-electron chi connectivity index (χ2n) is 5.55. The van der Waals surface area contributed by atoms with Crippen LogP contribution < -0.4 is 0 Å². The highest BCUT2D eigenvalue weighted by Gasteiger charge is 2.10. The zero-order valence-corrected chi connectivity index (χ0v) is 12.2. The third-order valence-electron chi connectivity index (χ3n) is 3.48. The molecule has 21 heavy (non-hydrogen) atoms. The number of fused-ring (bicyclic) bond motifs is 1. The van der Waals surface area contributed by atoms with E-state index in [0.29, 0.717) is 18.0 Å². The lowest BCUT2D eigenvalue weighted by atomic mass is 10.1. The molecule has 0 aliphatic rings. The molecule has 0 bridgehead atoms. The smallest absolute Gasteiger partial charge is 0.146 e. The summed E-state index contributed by atoms with van der Waals surface area (Å²) in [5.41, 5.74) is 1.75. The third kappa shape index (κ3) is 2.52. The van der Waals surface area contributed by atoms with Crippen LogP contribution in [0.1, 0.15) is 25.2 Å². The van der Waals surface area contributed by atoms with E-state index in [9.17, 15) is 0 Å². The fraction of sp³-hybridized carbons (Fsp3) is 0.312. The van der Waals surface area contributed by atoms with Crippen LogP contribution in [0, 0.1) is 17.2 Å². The number of benzene rings is 1. The van der Waals surface area contributed by atoms with Gasteiger partial charge in [-0.3, -0.25) is 0 Å². The molecule has 2 aromatic heterocycles. The molecule has 3 rings (SSSR count). The van der Waals surface area contributed by atoms with Crippen molar-refractivity contribution in [3.63, 3.8) is 0 Å². The van der Waals surface area contributed by atoms with Crippen LogP contribution in [-0.2, 0) is 13.1 Å². The van der Waals surface area contributed by atoms with Gasteiger partial charge >= 0.3 is 0 Å². The summed E-state index contributed by atoms with van der Waals surface area (Å²) >= 11 is 0. The van der Waals surface area contributed by atoms with Crippen molar-refractivity contribution in [3.05, 3.63) is 48.2 Å². The first kappa shape index (κ1) is 13.4. The summed E-state index contributed by atoms with van der Waals surface area (Å²) in [6.45, 7) is 5.84. The van der Waals surface area contributed by atoms with E-state index < -0.39 is 0 Å². The highest BCUT2D eigenvalue weighted by atomic mass is 15.3. The summed E-state index contributed by atoms with van der Waals surface area (Å²) in [6, 6.07) is 10.00. The lowest BCUT2D eigenvalue weighted by Gasteiger charge is -2.10. The van der Waals surface area contributed by atoms with Gasteiger partial charge in [-0.2, -0.15) is 10.4 Å². The Kier molecular flexibility index (Phi) is 3.44. The largest absolute Gasteiger partial charge is 0.340 e. The molecule has 0 N–H and O–H groups in total. The van der Waals surface area contributed by atoms with Gasteiger partial charge in [0.1, 0.15) is 12.2 Å². The lowest BCUT2D eigenvalue weighted by molar-refractivity contribution is 0.462. The molecule has 0 amide bonds. The maximum absolute atomic E-state index is 9.16. The molecule has 0 unspecified atom stereocenters. The molecule has 0 spiro atoms. The quantitative estimate of drug-likeness (QED) is 0.738. The monoisotopic (exact) mass is 279 g/mol. The van der Waals surface area contributed by atoms with Crippen LogP contribution in [0.2, 0.25) is 0 Å². The molecule has 0 saturated heterocycles. The number of aromatic nitrogens is 4. The SMILES string of the molecule is CC(C)Cn1ncnc1Cn1ccc2c(C#N)cccc21. The van der Waals surface area contributed by atoms with Crippen LogP contribution in [0.5, 0.6) is 0 Å². The number of hydrogen-bond acceptors (Lipinski definition) is 3. The molecular formula is C16H17N5. The molecule has 0 radical (unpaired) electrons. The average molecular weight is 279 g/mol. The normalized spacial score (nSPS) is 11.1. The zero-order valence-electron chi connectivity index (χ0n) is 12.2. The van der Waals surface area contributed by atoms with E-state index in [-0.39, 0.29) is 0 Å². The Morgan fingerprint density at radius 1 is 1.29 bits per heavy atom. The van der Waals surface area contributed by atoms with Gasteiger partial charge in [0.05, 0.1) is 18.2 Å². The Morgan fingerprint density at radius 2 is 2.14 bits per heavy atom. The van der Waals surface area contributed by atoms with Gasteiger partial charge in [0.2, 0.25) is 0 Å². The van der Waals surface area contributed by atoms with Gasteiger partial charge in [0.25, 0.3) is 0 Å². The summed E-state index contributed by atoms with van der Waals surface area (Å²) in [6.07, 6.45) is 3.60. The molecule has 3 aromatic rings. The minimum Gasteiger partial charge on any atom is -0.340 e. The summed E-state index contributed by atoms with van der Waals surface area (Å²) < 4.78 is 4.06. The van der Waals surface area contributed by atoms with E-state index in [0.717, 1.165) is 23.3 Å². The maximum atomic E-state index is 9.16. The number of hydrogen-bond donors (Lipinski definition) is 0. The summed E-state index contributed by atoms with van der Waals surface area (Å²) in [5, 5.41) is 14.4. The van der Waals surface area contributed by atoms with Crippen molar-refractivity contribution < 1.29 is 0 Å². The van der Waals surface area contributed by atoms with Gasteiger partial charge in [0.15, 0.2) is 0 Å². The molecule has 0 aliphatic carbocycles. The fourth-order valence-corrected chi connectivity index (χ4v) is 2.52. The van der Waals surface area contributed by atoms with Crippen LogP contribution in [0.3, 0.4) is 0 Å². The van der Waals surface area contributed by atoms with Crippen LogP contribution in [-0.4, -0.2) is 19.3 Å². The lowest BCUT2D eigenvalue weighted by Crippen LogP contribution is -2.12. The molecule has 5 nitrogen and oxygen atoms in total. The first-order valence-electron chi connectivity index (χ1n) is 7.03. The first-order chi connectivity index (χ1) is 10.2. The number of nitrogens with zero attached hydrogens (tertiary/aromatic N) is 5. The average Bonchev–Trinajstić information content (AvgIpc) is 3.06. The van der Waals surface area contributed by atoms with Gasteiger partial charge < -0.3 is 4.57 Å². The summed E-state index contributed by atoms with van der Waals surface area (Å²) in [7, 11) is 0.